The van der Waals surface area contributed by atoms with E-state index in [0.717, 1.165) is 0 Å². The van der Waals surface area contributed by atoms with Crippen molar-refractivity contribution < 1.29 is 14.8 Å². The van der Waals surface area contributed by atoms with E-state index < -0.39 is 4.92 Å². The molecule has 2 rings (SSSR count). The van der Waals surface area contributed by atoms with Gasteiger partial charge in [0.05, 0.1) is 23.4 Å². The number of hydrogen-bond acceptors (Lipinski definition) is 6. The molecule has 0 amide bonds. The number of hydrazone groups is 1. The van der Waals surface area contributed by atoms with Crippen LogP contribution >= 0.6 is 0 Å². The minimum atomic E-state index is -0.480. The highest BCUT2D eigenvalue weighted by Crippen LogP contribution is 2.28. The summed E-state index contributed by atoms with van der Waals surface area (Å²) in [6, 6.07) is 11.0. The Balaban J connectivity index is 2.11. The highest BCUT2D eigenvalue weighted by molar-refractivity contribution is 5.85. The average Bonchev–Trinajstić information content (AvgIpc) is 2.51. The van der Waals surface area contributed by atoms with Crippen LogP contribution in [0.25, 0.3) is 0 Å². The number of anilines is 1. The number of aromatic hydroxyl groups is 1. The Kier molecular flexibility index (Phi) is 4.92. The molecule has 0 saturated carbocycles. The highest BCUT2D eigenvalue weighted by atomic mass is 16.6. The van der Waals surface area contributed by atoms with Gasteiger partial charge in [-0.25, -0.2) is 0 Å². The summed E-state index contributed by atoms with van der Waals surface area (Å²) >= 11 is 0. The Morgan fingerprint density at radius 3 is 2.86 bits per heavy atom. The molecule has 0 saturated heterocycles. The summed E-state index contributed by atoms with van der Waals surface area (Å²) in [5.41, 5.74) is 3.61. The van der Waals surface area contributed by atoms with Crippen LogP contribution in [0.3, 0.4) is 0 Å². The van der Waals surface area contributed by atoms with Gasteiger partial charge in [0.2, 0.25) is 0 Å². The van der Waals surface area contributed by atoms with Gasteiger partial charge in [-0.2, -0.15) is 5.10 Å². The van der Waals surface area contributed by atoms with Gasteiger partial charge in [-0.1, -0.05) is 12.1 Å². The lowest BCUT2D eigenvalue weighted by Gasteiger charge is -2.07. The molecule has 0 radical (unpaired) electrons. The molecule has 0 fully saturated rings. The summed E-state index contributed by atoms with van der Waals surface area (Å²) in [6.07, 6.45) is 1.41. The largest absolute Gasteiger partial charge is 0.504 e. The first kappa shape index (κ1) is 15.3. The van der Waals surface area contributed by atoms with Crippen molar-refractivity contribution in [3.63, 3.8) is 0 Å². The Bertz CT molecular complexity index is 701. The van der Waals surface area contributed by atoms with Crippen molar-refractivity contribution >= 4 is 17.6 Å². The first-order chi connectivity index (χ1) is 10.6. The van der Waals surface area contributed by atoms with Crippen molar-refractivity contribution in [1.29, 1.82) is 0 Å². The molecule has 0 bridgehead atoms. The Morgan fingerprint density at radius 1 is 1.36 bits per heavy atom. The predicted octanol–water partition coefficient (Wildman–Crippen LogP) is 3.15. The molecule has 0 aliphatic heterocycles. The van der Waals surface area contributed by atoms with Crippen LogP contribution < -0.4 is 10.2 Å². The van der Waals surface area contributed by atoms with Crippen molar-refractivity contribution in [2.75, 3.05) is 12.0 Å². The zero-order chi connectivity index (χ0) is 15.9. The van der Waals surface area contributed by atoms with Crippen LogP contribution in [0.4, 0.5) is 11.4 Å². The van der Waals surface area contributed by atoms with E-state index in [2.05, 4.69) is 10.5 Å². The number of rotatable bonds is 6. The molecule has 114 valence electrons. The fourth-order valence-corrected chi connectivity index (χ4v) is 1.78. The minimum absolute atomic E-state index is 0.00561. The van der Waals surface area contributed by atoms with Crippen molar-refractivity contribution in [2.45, 2.75) is 6.92 Å². The first-order valence-corrected chi connectivity index (χ1v) is 6.60. The van der Waals surface area contributed by atoms with Gasteiger partial charge in [-0.15, -0.1) is 0 Å². The number of phenols is 1. The van der Waals surface area contributed by atoms with E-state index in [1.807, 2.05) is 6.92 Å². The fraction of sp³-hybridized carbons (Fsp3) is 0.133. The van der Waals surface area contributed by atoms with Crippen LogP contribution in [0.5, 0.6) is 11.5 Å². The maximum absolute atomic E-state index is 10.7. The molecule has 2 aromatic rings. The van der Waals surface area contributed by atoms with Gasteiger partial charge in [0.25, 0.3) is 5.69 Å². The van der Waals surface area contributed by atoms with Gasteiger partial charge in [0.15, 0.2) is 11.5 Å². The molecule has 0 aliphatic carbocycles. The number of non-ortho nitro benzene ring substituents is 1. The van der Waals surface area contributed by atoms with E-state index in [1.165, 1.54) is 18.3 Å². The minimum Gasteiger partial charge on any atom is -0.504 e. The van der Waals surface area contributed by atoms with E-state index in [9.17, 15) is 15.2 Å². The molecule has 0 heterocycles. The van der Waals surface area contributed by atoms with Crippen LogP contribution in [0.2, 0.25) is 0 Å². The third-order valence-electron chi connectivity index (χ3n) is 2.78. The number of nitro benzene ring substituents is 1. The van der Waals surface area contributed by atoms with Gasteiger partial charge in [0.1, 0.15) is 0 Å². The second-order valence-electron chi connectivity index (χ2n) is 4.30. The summed E-state index contributed by atoms with van der Waals surface area (Å²) < 4.78 is 5.28. The van der Waals surface area contributed by atoms with E-state index in [1.54, 1.807) is 30.3 Å². The summed E-state index contributed by atoms with van der Waals surface area (Å²) in [7, 11) is 0. The molecular weight excluding hydrogens is 286 g/mol. The number of nitrogens with zero attached hydrogens (tertiary/aromatic N) is 2. The van der Waals surface area contributed by atoms with E-state index >= 15 is 0 Å². The van der Waals surface area contributed by atoms with Gasteiger partial charge in [-0.3, -0.25) is 15.5 Å². The Hall–Kier alpha value is -3.09. The molecule has 0 aliphatic rings. The van der Waals surface area contributed by atoms with Crippen LogP contribution in [0, 0.1) is 10.1 Å². The SMILES string of the molecule is CCOc1cccc(C=NNc2cccc([N+](=O)[O-])c2)c1O. The van der Waals surface area contributed by atoms with Gasteiger partial charge >= 0.3 is 0 Å². The maximum Gasteiger partial charge on any atom is 0.271 e. The average molecular weight is 301 g/mol. The van der Waals surface area contributed by atoms with Gasteiger partial charge in [0, 0.05) is 17.7 Å². The fourth-order valence-electron chi connectivity index (χ4n) is 1.78. The number of ether oxygens (including phenoxy) is 1. The van der Waals surface area contributed by atoms with Crippen LogP contribution in [0.15, 0.2) is 47.6 Å². The zero-order valence-corrected chi connectivity index (χ0v) is 11.9. The van der Waals surface area contributed by atoms with Gasteiger partial charge < -0.3 is 9.84 Å². The molecule has 7 heteroatoms. The van der Waals surface area contributed by atoms with E-state index in [0.29, 0.717) is 23.6 Å². The summed E-state index contributed by atoms with van der Waals surface area (Å²) in [5.74, 6) is 0.371. The molecular formula is C15H15N3O4. The first-order valence-electron chi connectivity index (χ1n) is 6.60. The monoisotopic (exact) mass is 301 g/mol. The number of para-hydroxylation sites is 1. The second-order valence-corrected chi connectivity index (χ2v) is 4.30. The molecule has 22 heavy (non-hydrogen) atoms. The molecule has 0 unspecified atom stereocenters. The maximum atomic E-state index is 10.7. The summed E-state index contributed by atoms with van der Waals surface area (Å²) in [6.45, 7) is 2.27. The molecule has 0 atom stereocenters. The van der Waals surface area contributed by atoms with Gasteiger partial charge in [-0.05, 0) is 25.1 Å². The standard InChI is InChI=1S/C15H15N3O4/c1-2-22-14-8-3-5-11(15(14)19)10-16-17-12-6-4-7-13(9-12)18(20)21/h3-10,17,19H,2H2,1H3. The molecule has 0 spiro atoms. The van der Waals surface area contributed by atoms with Crippen molar-refractivity contribution in [1.82, 2.24) is 0 Å². The smallest absolute Gasteiger partial charge is 0.271 e. The van der Waals surface area contributed by atoms with Crippen molar-refractivity contribution in [3.05, 3.63) is 58.1 Å². The van der Waals surface area contributed by atoms with E-state index in [4.69, 9.17) is 4.74 Å². The number of benzene rings is 2. The van der Waals surface area contributed by atoms with E-state index in [-0.39, 0.29) is 11.4 Å². The predicted molar refractivity (Wildman–Crippen MR) is 83.6 cm³/mol. The third kappa shape index (κ3) is 3.72. The van der Waals surface area contributed by atoms with Crippen LogP contribution in [-0.2, 0) is 0 Å². The number of nitro groups is 1. The lowest BCUT2D eigenvalue weighted by Crippen LogP contribution is -1.95. The highest BCUT2D eigenvalue weighted by Gasteiger charge is 2.06. The number of hydrogen-bond donors (Lipinski definition) is 2. The summed E-state index contributed by atoms with van der Waals surface area (Å²) in [4.78, 5) is 10.2. The zero-order valence-electron chi connectivity index (χ0n) is 11.9. The molecule has 7 nitrogen and oxygen atoms in total. The Morgan fingerprint density at radius 2 is 2.14 bits per heavy atom. The number of phenolic OH excluding ortho intramolecular Hbond substituents is 1. The molecule has 2 aromatic carbocycles. The van der Waals surface area contributed by atoms with Crippen molar-refractivity contribution in [3.8, 4) is 11.5 Å². The normalized spacial score (nSPS) is 10.6. The lowest BCUT2D eigenvalue weighted by atomic mass is 10.2. The summed E-state index contributed by atoms with van der Waals surface area (Å²) in [5, 5.41) is 24.6. The van der Waals surface area contributed by atoms with Crippen molar-refractivity contribution in [2.24, 2.45) is 5.10 Å². The van der Waals surface area contributed by atoms with Crippen LogP contribution in [-0.4, -0.2) is 22.9 Å². The quantitative estimate of drug-likeness (QED) is 0.485. The molecule has 0 aromatic heterocycles. The third-order valence-corrected chi connectivity index (χ3v) is 2.78. The lowest BCUT2D eigenvalue weighted by molar-refractivity contribution is -0.384. The second kappa shape index (κ2) is 7.07. The van der Waals surface area contributed by atoms with Crippen LogP contribution in [0.1, 0.15) is 12.5 Å². The Labute approximate surface area is 127 Å². The topological polar surface area (TPSA) is 97.0 Å². The number of nitrogens with one attached hydrogen (secondary N) is 1. The molecule has 2 N–H and O–H groups in total.